The highest BCUT2D eigenvalue weighted by atomic mass is 16.6. The lowest BCUT2D eigenvalue weighted by Crippen LogP contribution is -2.37. The maximum Gasteiger partial charge on any atom is 0.348 e. The Balaban J connectivity index is 2.42. The molecule has 0 radical (unpaired) electrons. The first-order valence-electron chi connectivity index (χ1n) is 3.67. The standard InChI is InChI=1S/C7H8O6/c8-5(9)2-1-4-7(11)12-3-6(10)13-4/h4H,1-3H2,(H,8,9). The lowest BCUT2D eigenvalue weighted by Gasteiger charge is -2.20. The van der Waals surface area contributed by atoms with E-state index in [0.29, 0.717) is 0 Å². The number of aliphatic carboxylic acids is 1. The monoisotopic (exact) mass is 188 g/mol. The lowest BCUT2D eigenvalue weighted by atomic mass is 10.2. The normalized spacial score (nSPS) is 22.0. The predicted molar refractivity (Wildman–Crippen MR) is 37.7 cm³/mol. The van der Waals surface area contributed by atoms with Gasteiger partial charge in [0.2, 0.25) is 0 Å². The Morgan fingerprint density at radius 3 is 2.85 bits per heavy atom. The molecule has 0 aromatic heterocycles. The summed E-state index contributed by atoms with van der Waals surface area (Å²) in [6, 6.07) is 0. The number of hydrogen-bond donors (Lipinski definition) is 1. The maximum absolute atomic E-state index is 10.9. The molecule has 1 aliphatic heterocycles. The van der Waals surface area contributed by atoms with E-state index in [1.807, 2.05) is 0 Å². The van der Waals surface area contributed by atoms with Gasteiger partial charge in [-0.05, 0) is 0 Å². The largest absolute Gasteiger partial charge is 0.481 e. The molecule has 6 heteroatoms. The van der Waals surface area contributed by atoms with Crippen LogP contribution in [0.2, 0.25) is 0 Å². The van der Waals surface area contributed by atoms with Crippen LogP contribution in [0.5, 0.6) is 0 Å². The Bertz CT molecular complexity index is 245. The second kappa shape index (κ2) is 3.88. The minimum Gasteiger partial charge on any atom is -0.481 e. The van der Waals surface area contributed by atoms with Crippen molar-refractivity contribution in [3.05, 3.63) is 0 Å². The van der Waals surface area contributed by atoms with Crippen LogP contribution < -0.4 is 0 Å². The molecule has 1 fully saturated rings. The summed E-state index contributed by atoms with van der Waals surface area (Å²) < 4.78 is 9.00. The van der Waals surface area contributed by atoms with Crippen molar-refractivity contribution in [2.75, 3.05) is 6.61 Å². The van der Waals surface area contributed by atoms with Crippen molar-refractivity contribution in [1.29, 1.82) is 0 Å². The van der Waals surface area contributed by atoms with Gasteiger partial charge < -0.3 is 14.6 Å². The first-order valence-corrected chi connectivity index (χ1v) is 3.67. The Labute approximate surface area is 73.4 Å². The predicted octanol–water partition coefficient (Wildman–Crippen LogP) is -0.680. The lowest BCUT2D eigenvalue weighted by molar-refractivity contribution is -0.185. The van der Waals surface area contributed by atoms with Crippen molar-refractivity contribution < 1.29 is 29.0 Å². The minimum atomic E-state index is -1.06. The van der Waals surface area contributed by atoms with E-state index in [2.05, 4.69) is 9.47 Å². The van der Waals surface area contributed by atoms with Crippen LogP contribution in [0, 0.1) is 0 Å². The molecule has 0 aromatic carbocycles. The van der Waals surface area contributed by atoms with Crippen molar-refractivity contribution >= 4 is 17.9 Å². The number of ether oxygens (including phenoxy) is 2. The van der Waals surface area contributed by atoms with Crippen LogP contribution in [0.4, 0.5) is 0 Å². The molecule has 1 rings (SSSR count). The molecule has 0 amide bonds. The number of esters is 2. The summed E-state index contributed by atoms with van der Waals surface area (Å²) in [4.78, 5) is 31.6. The zero-order valence-electron chi connectivity index (χ0n) is 6.69. The zero-order chi connectivity index (χ0) is 9.84. The van der Waals surface area contributed by atoms with E-state index in [-0.39, 0.29) is 19.4 Å². The number of carbonyl (C=O) groups excluding carboxylic acids is 2. The fourth-order valence-corrected chi connectivity index (χ4v) is 0.895. The smallest absolute Gasteiger partial charge is 0.348 e. The van der Waals surface area contributed by atoms with Gasteiger partial charge in [-0.1, -0.05) is 0 Å². The van der Waals surface area contributed by atoms with E-state index in [1.165, 1.54) is 0 Å². The number of rotatable bonds is 3. The molecular formula is C7H8O6. The molecule has 0 saturated carbocycles. The van der Waals surface area contributed by atoms with Crippen LogP contribution in [-0.4, -0.2) is 35.7 Å². The van der Waals surface area contributed by atoms with Crippen molar-refractivity contribution in [3.8, 4) is 0 Å². The van der Waals surface area contributed by atoms with Gasteiger partial charge in [0, 0.05) is 12.8 Å². The molecule has 1 aliphatic rings. The van der Waals surface area contributed by atoms with Crippen LogP contribution >= 0.6 is 0 Å². The molecule has 0 spiro atoms. The fourth-order valence-electron chi connectivity index (χ4n) is 0.895. The SMILES string of the molecule is O=C(O)CCC1OC(=O)COC1=O. The van der Waals surface area contributed by atoms with Crippen LogP contribution in [-0.2, 0) is 23.9 Å². The van der Waals surface area contributed by atoms with Gasteiger partial charge in [0.05, 0.1) is 0 Å². The van der Waals surface area contributed by atoms with Gasteiger partial charge in [-0.25, -0.2) is 9.59 Å². The average Bonchev–Trinajstić information content (AvgIpc) is 2.06. The van der Waals surface area contributed by atoms with Crippen LogP contribution in [0.15, 0.2) is 0 Å². The molecule has 1 N–H and O–H groups in total. The summed E-state index contributed by atoms with van der Waals surface area (Å²) in [6.07, 6.45) is -1.33. The summed E-state index contributed by atoms with van der Waals surface area (Å²) in [5.74, 6) is -2.37. The number of hydrogen-bond acceptors (Lipinski definition) is 5. The summed E-state index contributed by atoms with van der Waals surface area (Å²) >= 11 is 0. The van der Waals surface area contributed by atoms with Crippen molar-refractivity contribution in [2.24, 2.45) is 0 Å². The van der Waals surface area contributed by atoms with Crippen molar-refractivity contribution in [3.63, 3.8) is 0 Å². The second-order valence-electron chi connectivity index (χ2n) is 2.52. The molecule has 1 heterocycles. The highest BCUT2D eigenvalue weighted by Gasteiger charge is 2.30. The maximum atomic E-state index is 10.9. The molecule has 1 saturated heterocycles. The molecule has 13 heavy (non-hydrogen) atoms. The van der Waals surface area contributed by atoms with Crippen LogP contribution in [0.1, 0.15) is 12.8 Å². The summed E-state index contributed by atoms with van der Waals surface area (Å²) in [7, 11) is 0. The van der Waals surface area contributed by atoms with Gasteiger partial charge in [0.1, 0.15) is 0 Å². The molecule has 0 aromatic rings. The van der Waals surface area contributed by atoms with Gasteiger partial charge in [0.25, 0.3) is 0 Å². The molecular weight excluding hydrogens is 180 g/mol. The van der Waals surface area contributed by atoms with Gasteiger partial charge >= 0.3 is 17.9 Å². The van der Waals surface area contributed by atoms with E-state index in [9.17, 15) is 14.4 Å². The van der Waals surface area contributed by atoms with E-state index in [0.717, 1.165) is 0 Å². The molecule has 1 atom stereocenters. The Kier molecular flexibility index (Phi) is 2.84. The third kappa shape index (κ3) is 2.73. The zero-order valence-corrected chi connectivity index (χ0v) is 6.69. The number of carboxylic acids is 1. The Morgan fingerprint density at radius 1 is 1.54 bits per heavy atom. The average molecular weight is 188 g/mol. The Hall–Kier alpha value is -1.59. The van der Waals surface area contributed by atoms with E-state index in [4.69, 9.17) is 5.11 Å². The molecule has 6 nitrogen and oxygen atoms in total. The van der Waals surface area contributed by atoms with Gasteiger partial charge in [0.15, 0.2) is 12.7 Å². The van der Waals surface area contributed by atoms with Gasteiger partial charge in [-0.15, -0.1) is 0 Å². The van der Waals surface area contributed by atoms with E-state index in [1.54, 1.807) is 0 Å². The van der Waals surface area contributed by atoms with Crippen molar-refractivity contribution in [1.82, 2.24) is 0 Å². The van der Waals surface area contributed by atoms with Crippen LogP contribution in [0.25, 0.3) is 0 Å². The summed E-state index contributed by atoms with van der Waals surface area (Å²) in [6.45, 7) is -0.387. The number of cyclic esters (lactones) is 2. The van der Waals surface area contributed by atoms with Gasteiger partial charge in [-0.2, -0.15) is 0 Å². The molecule has 0 bridgehead atoms. The topological polar surface area (TPSA) is 89.9 Å². The highest BCUT2D eigenvalue weighted by molar-refractivity contribution is 5.85. The van der Waals surface area contributed by atoms with E-state index < -0.39 is 24.0 Å². The summed E-state index contributed by atoms with van der Waals surface area (Å²) in [5.41, 5.74) is 0. The van der Waals surface area contributed by atoms with E-state index >= 15 is 0 Å². The minimum absolute atomic E-state index is 0.0418. The highest BCUT2D eigenvalue weighted by Crippen LogP contribution is 2.09. The third-order valence-corrected chi connectivity index (χ3v) is 1.49. The quantitative estimate of drug-likeness (QED) is 0.590. The summed E-state index contributed by atoms with van der Waals surface area (Å²) in [5, 5.41) is 8.30. The number of carboxylic acid groups (broad SMARTS) is 1. The van der Waals surface area contributed by atoms with Crippen molar-refractivity contribution in [2.45, 2.75) is 18.9 Å². The first kappa shape index (κ1) is 9.50. The molecule has 0 aliphatic carbocycles. The Morgan fingerprint density at radius 2 is 2.23 bits per heavy atom. The number of carbonyl (C=O) groups is 3. The molecule has 1 unspecified atom stereocenters. The third-order valence-electron chi connectivity index (χ3n) is 1.49. The van der Waals surface area contributed by atoms with Gasteiger partial charge in [-0.3, -0.25) is 4.79 Å². The molecule has 72 valence electrons. The fraction of sp³-hybridized carbons (Fsp3) is 0.571. The van der Waals surface area contributed by atoms with Crippen LogP contribution in [0.3, 0.4) is 0 Å². The first-order chi connectivity index (χ1) is 6.09. The second-order valence-corrected chi connectivity index (χ2v) is 2.52.